The number of hydrogen-bond acceptors (Lipinski definition) is 4. The quantitative estimate of drug-likeness (QED) is 0.516. The summed E-state index contributed by atoms with van der Waals surface area (Å²) in [4.78, 5) is 22.7. The zero-order valence-electron chi connectivity index (χ0n) is 12.9. The third-order valence-electron chi connectivity index (χ3n) is 3.12. The molecule has 0 radical (unpaired) electrons. The van der Waals surface area contributed by atoms with Crippen molar-refractivity contribution in [2.45, 2.75) is 46.0 Å². The van der Waals surface area contributed by atoms with Crippen LogP contribution in [-0.2, 0) is 20.7 Å². The highest BCUT2D eigenvalue weighted by Gasteiger charge is 2.05. The van der Waals surface area contributed by atoms with Gasteiger partial charge in [-0.1, -0.05) is 18.6 Å². The fraction of sp³-hybridized carbons (Fsp3) is 0.529. The summed E-state index contributed by atoms with van der Waals surface area (Å²) in [7, 11) is 0. The Morgan fingerprint density at radius 2 is 1.57 bits per heavy atom. The summed E-state index contributed by atoms with van der Waals surface area (Å²) in [6.45, 7) is 4.45. The van der Waals surface area contributed by atoms with E-state index in [9.17, 15) is 9.59 Å². The van der Waals surface area contributed by atoms with Gasteiger partial charge in [-0.15, -0.1) is 0 Å². The average molecular weight is 292 g/mol. The van der Waals surface area contributed by atoms with E-state index >= 15 is 0 Å². The molecule has 0 bridgehead atoms. The third kappa shape index (κ3) is 6.93. The van der Waals surface area contributed by atoms with Crippen LogP contribution in [0.1, 0.15) is 55.5 Å². The van der Waals surface area contributed by atoms with Crippen LogP contribution in [0.15, 0.2) is 24.3 Å². The van der Waals surface area contributed by atoms with E-state index in [4.69, 9.17) is 9.47 Å². The molecule has 4 nitrogen and oxygen atoms in total. The van der Waals surface area contributed by atoms with Crippen molar-refractivity contribution in [1.29, 1.82) is 0 Å². The van der Waals surface area contributed by atoms with E-state index in [0.29, 0.717) is 25.2 Å². The van der Waals surface area contributed by atoms with Crippen LogP contribution in [0.25, 0.3) is 0 Å². The van der Waals surface area contributed by atoms with Gasteiger partial charge in [-0.25, -0.2) is 4.79 Å². The molecule has 0 fully saturated rings. The highest BCUT2D eigenvalue weighted by molar-refractivity contribution is 5.89. The molecule has 0 aliphatic rings. The first-order valence-electron chi connectivity index (χ1n) is 7.59. The van der Waals surface area contributed by atoms with Crippen LogP contribution >= 0.6 is 0 Å². The van der Waals surface area contributed by atoms with Gasteiger partial charge in [0.25, 0.3) is 0 Å². The number of unbranched alkanes of at least 4 members (excludes halogenated alkanes) is 2. The molecule has 0 atom stereocenters. The highest BCUT2D eigenvalue weighted by Crippen LogP contribution is 2.11. The van der Waals surface area contributed by atoms with E-state index in [1.165, 1.54) is 5.56 Å². The monoisotopic (exact) mass is 292 g/mol. The predicted molar refractivity (Wildman–Crippen MR) is 81.2 cm³/mol. The Morgan fingerprint density at radius 3 is 2.19 bits per heavy atom. The molecule has 116 valence electrons. The van der Waals surface area contributed by atoms with Gasteiger partial charge < -0.3 is 9.47 Å². The maximum atomic E-state index is 11.5. The number of esters is 2. The van der Waals surface area contributed by atoms with Gasteiger partial charge >= 0.3 is 11.9 Å². The average Bonchev–Trinajstić information content (AvgIpc) is 2.48. The molecule has 0 amide bonds. The molecule has 1 rings (SSSR count). The van der Waals surface area contributed by atoms with Crippen LogP contribution in [0.3, 0.4) is 0 Å². The number of hydrogen-bond donors (Lipinski definition) is 0. The number of aryl methyl sites for hydroxylation is 1. The largest absolute Gasteiger partial charge is 0.466 e. The number of carbonyl (C=O) groups is 2. The Balaban J connectivity index is 2.24. The normalized spacial score (nSPS) is 10.2. The topological polar surface area (TPSA) is 52.6 Å². The van der Waals surface area contributed by atoms with Crippen molar-refractivity contribution in [1.82, 2.24) is 0 Å². The first-order valence-corrected chi connectivity index (χ1v) is 7.59. The SMILES string of the molecule is CCOC(=O)CCCCCc1ccc(C(=O)OCC)cc1. The van der Waals surface area contributed by atoms with E-state index < -0.39 is 0 Å². The summed E-state index contributed by atoms with van der Waals surface area (Å²) in [5.74, 6) is -0.394. The molecular formula is C17H24O4. The Hall–Kier alpha value is -1.84. The molecule has 1 aromatic carbocycles. The fourth-order valence-electron chi connectivity index (χ4n) is 2.03. The molecule has 0 aliphatic carbocycles. The summed E-state index contributed by atoms with van der Waals surface area (Å²) in [6, 6.07) is 7.51. The number of rotatable bonds is 9. The molecule has 4 heteroatoms. The molecular weight excluding hydrogens is 268 g/mol. The lowest BCUT2D eigenvalue weighted by molar-refractivity contribution is -0.143. The second-order valence-corrected chi connectivity index (χ2v) is 4.78. The zero-order chi connectivity index (χ0) is 15.5. The Morgan fingerprint density at radius 1 is 0.905 bits per heavy atom. The van der Waals surface area contributed by atoms with Crippen LogP contribution in [0, 0.1) is 0 Å². The van der Waals surface area contributed by atoms with Crippen molar-refractivity contribution >= 4 is 11.9 Å². The van der Waals surface area contributed by atoms with Crippen molar-refractivity contribution in [3.05, 3.63) is 35.4 Å². The van der Waals surface area contributed by atoms with Gasteiger partial charge in [-0.05, 0) is 50.8 Å². The van der Waals surface area contributed by atoms with Crippen molar-refractivity contribution < 1.29 is 19.1 Å². The van der Waals surface area contributed by atoms with Crippen molar-refractivity contribution in [2.75, 3.05) is 13.2 Å². The van der Waals surface area contributed by atoms with Crippen molar-refractivity contribution in [2.24, 2.45) is 0 Å². The lowest BCUT2D eigenvalue weighted by Gasteiger charge is -2.05. The minimum atomic E-state index is -0.279. The molecule has 1 aromatic rings. The number of ether oxygens (including phenoxy) is 2. The molecule has 0 N–H and O–H groups in total. The summed E-state index contributed by atoms with van der Waals surface area (Å²) >= 11 is 0. The van der Waals surface area contributed by atoms with Gasteiger partial charge in [0.2, 0.25) is 0 Å². The molecule has 0 spiro atoms. The zero-order valence-corrected chi connectivity index (χ0v) is 12.9. The van der Waals surface area contributed by atoms with Gasteiger partial charge in [0.1, 0.15) is 0 Å². The maximum absolute atomic E-state index is 11.5. The van der Waals surface area contributed by atoms with E-state index in [-0.39, 0.29) is 11.9 Å². The predicted octanol–water partition coefficient (Wildman–Crippen LogP) is 3.53. The molecule has 0 unspecified atom stereocenters. The first-order chi connectivity index (χ1) is 10.2. The smallest absolute Gasteiger partial charge is 0.338 e. The maximum Gasteiger partial charge on any atom is 0.338 e. The highest BCUT2D eigenvalue weighted by atomic mass is 16.5. The summed E-state index contributed by atoms with van der Waals surface area (Å²) in [5.41, 5.74) is 1.78. The van der Waals surface area contributed by atoms with E-state index in [0.717, 1.165) is 25.7 Å². The minimum Gasteiger partial charge on any atom is -0.466 e. The second kappa shape index (κ2) is 9.97. The molecule has 0 saturated heterocycles. The standard InChI is InChI=1S/C17H24O4/c1-3-20-16(18)9-7-5-6-8-14-10-12-15(13-11-14)17(19)21-4-2/h10-13H,3-9H2,1-2H3. The van der Waals surface area contributed by atoms with Crippen LogP contribution < -0.4 is 0 Å². The second-order valence-electron chi connectivity index (χ2n) is 4.78. The van der Waals surface area contributed by atoms with Crippen LogP contribution in [0.5, 0.6) is 0 Å². The Labute approximate surface area is 126 Å². The molecule has 0 aromatic heterocycles. The molecule has 0 heterocycles. The number of benzene rings is 1. The Kier molecular flexibility index (Phi) is 8.17. The van der Waals surface area contributed by atoms with Gasteiger partial charge in [0, 0.05) is 6.42 Å². The lowest BCUT2D eigenvalue weighted by Crippen LogP contribution is -2.04. The molecule has 21 heavy (non-hydrogen) atoms. The van der Waals surface area contributed by atoms with E-state index in [2.05, 4.69) is 0 Å². The van der Waals surface area contributed by atoms with Gasteiger partial charge in [-0.3, -0.25) is 4.79 Å². The van der Waals surface area contributed by atoms with Crippen LogP contribution in [0.2, 0.25) is 0 Å². The summed E-state index contributed by atoms with van der Waals surface area (Å²) in [5, 5.41) is 0. The third-order valence-corrected chi connectivity index (χ3v) is 3.12. The van der Waals surface area contributed by atoms with Crippen molar-refractivity contribution in [3.63, 3.8) is 0 Å². The fourth-order valence-corrected chi connectivity index (χ4v) is 2.03. The first kappa shape index (κ1) is 17.2. The molecule has 0 saturated carbocycles. The van der Waals surface area contributed by atoms with Gasteiger partial charge in [0.15, 0.2) is 0 Å². The van der Waals surface area contributed by atoms with Crippen molar-refractivity contribution in [3.8, 4) is 0 Å². The van der Waals surface area contributed by atoms with E-state index in [1.54, 1.807) is 19.1 Å². The van der Waals surface area contributed by atoms with Gasteiger partial charge in [-0.2, -0.15) is 0 Å². The lowest BCUT2D eigenvalue weighted by atomic mass is 10.0. The Bertz CT molecular complexity index is 437. The number of carbonyl (C=O) groups excluding carboxylic acids is 2. The summed E-state index contributed by atoms with van der Waals surface area (Å²) in [6.07, 6.45) is 4.33. The van der Waals surface area contributed by atoms with E-state index in [1.807, 2.05) is 19.1 Å². The van der Waals surface area contributed by atoms with Crippen LogP contribution in [0.4, 0.5) is 0 Å². The minimum absolute atomic E-state index is 0.115. The summed E-state index contributed by atoms with van der Waals surface area (Å²) < 4.78 is 9.82. The molecule has 0 aliphatic heterocycles. The van der Waals surface area contributed by atoms with Gasteiger partial charge in [0.05, 0.1) is 18.8 Å². The van der Waals surface area contributed by atoms with Crippen LogP contribution in [-0.4, -0.2) is 25.2 Å².